The Bertz CT molecular complexity index is 848. The smallest absolute Gasteiger partial charge is 0.232 e. The maximum Gasteiger partial charge on any atom is 0.232 e. The molecule has 21 heavy (non-hydrogen) atoms. The van der Waals surface area contributed by atoms with E-state index in [1.165, 1.54) is 0 Å². The highest BCUT2D eigenvalue weighted by Crippen LogP contribution is 2.22. The zero-order chi connectivity index (χ0) is 15.0. The molecule has 0 spiro atoms. The van der Waals surface area contributed by atoms with Crippen molar-refractivity contribution in [2.45, 2.75) is 6.92 Å². The maximum atomic E-state index is 5.99. The van der Waals surface area contributed by atoms with Crippen molar-refractivity contribution >= 4 is 61.9 Å². The van der Waals surface area contributed by atoms with Gasteiger partial charge in [-0.3, -0.25) is 0 Å². The van der Waals surface area contributed by atoms with Gasteiger partial charge in [-0.25, -0.2) is 4.98 Å². The van der Waals surface area contributed by atoms with Gasteiger partial charge in [0, 0.05) is 10.7 Å². The van der Waals surface area contributed by atoms with Crippen LogP contribution in [0.5, 0.6) is 0 Å². The fraction of sp³-hybridized carbons (Fsp3) is 0.0769. The SMILES string of the molecule is CC(=S)c1nc(Nc2cccc(Cl)c2)n2ncc(Br)c2n1. The standard InChI is InChI=1S/C13H9BrClN5S/c1-7(21)11-18-12-10(14)6-16-20(12)13(19-11)17-9-4-2-3-8(15)5-9/h2-6H,1H3,(H,17,18,19). The third kappa shape index (κ3) is 2.90. The predicted molar refractivity (Wildman–Crippen MR) is 90.6 cm³/mol. The number of hydrogen-bond donors (Lipinski definition) is 1. The Morgan fingerprint density at radius 1 is 1.38 bits per heavy atom. The molecule has 5 nitrogen and oxygen atoms in total. The van der Waals surface area contributed by atoms with Gasteiger partial charge >= 0.3 is 0 Å². The Morgan fingerprint density at radius 2 is 2.19 bits per heavy atom. The van der Waals surface area contributed by atoms with Gasteiger partial charge in [-0.15, -0.1) is 0 Å². The molecule has 2 aromatic heterocycles. The molecular formula is C13H9BrClN5S. The van der Waals surface area contributed by atoms with Crippen molar-refractivity contribution in [1.29, 1.82) is 0 Å². The Hall–Kier alpha value is -1.57. The largest absolute Gasteiger partial charge is 0.324 e. The topological polar surface area (TPSA) is 55.1 Å². The lowest BCUT2D eigenvalue weighted by Gasteiger charge is -2.09. The van der Waals surface area contributed by atoms with Crippen molar-refractivity contribution in [1.82, 2.24) is 19.6 Å². The Morgan fingerprint density at radius 3 is 2.90 bits per heavy atom. The number of nitrogens with one attached hydrogen (secondary N) is 1. The van der Waals surface area contributed by atoms with Gasteiger partial charge in [-0.2, -0.15) is 14.6 Å². The number of benzene rings is 1. The first-order valence-electron chi connectivity index (χ1n) is 5.99. The molecule has 0 aliphatic heterocycles. The van der Waals surface area contributed by atoms with Crippen LogP contribution >= 0.6 is 39.7 Å². The minimum Gasteiger partial charge on any atom is -0.324 e. The molecule has 0 fully saturated rings. The van der Waals surface area contributed by atoms with Gasteiger partial charge in [-0.05, 0) is 41.1 Å². The molecule has 0 aliphatic rings. The Balaban J connectivity index is 2.14. The molecule has 0 amide bonds. The summed E-state index contributed by atoms with van der Waals surface area (Å²) in [4.78, 5) is 9.41. The molecule has 0 atom stereocenters. The van der Waals surface area contributed by atoms with E-state index in [1.54, 1.807) is 29.8 Å². The van der Waals surface area contributed by atoms with Crippen LogP contribution in [0.15, 0.2) is 34.9 Å². The summed E-state index contributed by atoms with van der Waals surface area (Å²) in [7, 11) is 0. The molecule has 0 radical (unpaired) electrons. The first-order chi connectivity index (χ1) is 10.0. The van der Waals surface area contributed by atoms with Crippen molar-refractivity contribution in [3.63, 3.8) is 0 Å². The molecule has 0 bridgehead atoms. The lowest BCUT2D eigenvalue weighted by molar-refractivity contribution is 0.898. The molecule has 0 aliphatic carbocycles. The minimum atomic E-state index is 0.489. The molecule has 0 saturated carbocycles. The zero-order valence-corrected chi connectivity index (χ0v) is 14.0. The molecule has 0 unspecified atom stereocenters. The zero-order valence-electron chi connectivity index (χ0n) is 10.8. The number of hydrogen-bond acceptors (Lipinski definition) is 5. The quantitative estimate of drug-likeness (QED) is 0.548. The van der Waals surface area contributed by atoms with E-state index in [-0.39, 0.29) is 0 Å². The number of thiocarbonyl (C=S) groups is 1. The molecule has 0 saturated heterocycles. The van der Waals surface area contributed by atoms with Gasteiger partial charge in [0.1, 0.15) is 0 Å². The molecule has 1 N–H and O–H groups in total. The van der Waals surface area contributed by atoms with Crippen LogP contribution in [0.4, 0.5) is 11.6 Å². The highest BCUT2D eigenvalue weighted by molar-refractivity contribution is 9.10. The third-order valence-corrected chi connectivity index (χ3v) is 3.70. The van der Waals surface area contributed by atoms with E-state index < -0.39 is 0 Å². The van der Waals surface area contributed by atoms with Gasteiger partial charge in [0.05, 0.1) is 15.5 Å². The summed E-state index contributed by atoms with van der Waals surface area (Å²) in [5, 5.41) is 8.06. The number of fused-ring (bicyclic) bond motifs is 1. The van der Waals surface area contributed by atoms with Crippen molar-refractivity contribution in [3.8, 4) is 0 Å². The van der Waals surface area contributed by atoms with E-state index in [0.29, 0.717) is 27.3 Å². The van der Waals surface area contributed by atoms with Crippen LogP contribution in [0.1, 0.15) is 12.7 Å². The van der Waals surface area contributed by atoms with Crippen molar-refractivity contribution in [3.05, 3.63) is 45.8 Å². The Kier molecular flexibility index (Phi) is 3.88. The average molecular weight is 383 g/mol. The van der Waals surface area contributed by atoms with Crippen LogP contribution in [-0.4, -0.2) is 24.4 Å². The van der Waals surface area contributed by atoms with Crippen LogP contribution in [-0.2, 0) is 0 Å². The van der Waals surface area contributed by atoms with Crippen LogP contribution in [0.25, 0.3) is 5.65 Å². The first kappa shape index (κ1) is 14.4. The van der Waals surface area contributed by atoms with Crippen LogP contribution in [0.2, 0.25) is 5.02 Å². The minimum absolute atomic E-state index is 0.489. The summed E-state index contributed by atoms with van der Waals surface area (Å²) in [6.45, 7) is 1.79. The fourth-order valence-electron chi connectivity index (χ4n) is 1.78. The van der Waals surface area contributed by atoms with Gasteiger partial charge in [0.2, 0.25) is 5.95 Å². The number of anilines is 2. The number of halogens is 2. The van der Waals surface area contributed by atoms with Crippen molar-refractivity contribution in [2.75, 3.05) is 5.32 Å². The highest BCUT2D eigenvalue weighted by atomic mass is 79.9. The monoisotopic (exact) mass is 381 g/mol. The number of rotatable bonds is 3. The van der Waals surface area contributed by atoms with E-state index in [9.17, 15) is 0 Å². The second-order valence-corrected chi connectivity index (χ2v) is 6.19. The van der Waals surface area contributed by atoms with Gasteiger partial charge in [-0.1, -0.05) is 29.9 Å². The second-order valence-electron chi connectivity index (χ2n) is 4.29. The maximum absolute atomic E-state index is 5.99. The summed E-state index contributed by atoms with van der Waals surface area (Å²) >= 11 is 14.6. The Labute approximate surface area is 139 Å². The van der Waals surface area contributed by atoms with E-state index >= 15 is 0 Å². The fourth-order valence-corrected chi connectivity index (χ4v) is 2.41. The van der Waals surface area contributed by atoms with Crippen LogP contribution in [0, 0.1) is 0 Å². The summed E-state index contributed by atoms with van der Waals surface area (Å²) in [5.74, 6) is 1.01. The van der Waals surface area contributed by atoms with E-state index in [4.69, 9.17) is 23.8 Å². The molecule has 1 aromatic carbocycles. The molecular weight excluding hydrogens is 374 g/mol. The van der Waals surface area contributed by atoms with E-state index in [2.05, 4.69) is 36.3 Å². The molecule has 2 heterocycles. The lowest BCUT2D eigenvalue weighted by Crippen LogP contribution is -2.10. The van der Waals surface area contributed by atoms with Gasteiger partial charge in [0.15, 0.2) is 11.5 Å². The van der Waals surface area contributed by atoms with Gasteiger partial charge in [0.25, 0.3) is 0 Å². The summed E-state index contributed by atoms with van der Waals surface area (Å²) in [5.41, 5.74) is 1.45. The first-order valence-corrected chi connectivity index (χ1v) is 7.57. The van der Waals surface area contributed by atoms with E-state index in [0.717, 1.165) is 10.2 Å². The lowest BCUT2D eigenvalue weighted by atomic mass is 10.3. The molecule has 106 valence electrons. The van der Waals surface area contributed by atoms with E-state index in [1.807, 2.05) is 12.1 Å². The van der Waals surface area contributed by atoms with Gasteiger partial charge < -0.3 is 5.32 Å². The summed E-state index contributed by atoms with van der Waals surface area (Å²) < 4.78 is 2.38. The van der Waals surface area contributed by atoms with Crippen LogP contribution in [0.3, 0.4) is 0 Å². The van der Waals surface area contributed by atoms with Crippen LogP contribution < -0.4 is 5.32 Å². The normalized spacial score (nSPS) is 10.8. The molecule has 3 aromatic rings. The highest BCUT2D eigenvalue weighted by Gasteiger charge is 2.13. The predicted octanol–water partition coefficient (Wildman–Crippen LogP) is 4.02. The average Bonchev–Trinajstić information content (AvgIpc) is 2.81. The third-order valence-electron chi connectivity index (χ3n) is 2.72. The number of aromatic nitrogens is 4. The summed E-state index contributed by atoms with van der Waals surface area (Å²) in [6.07, 6.45) is 1.66. The molecule has 3 rings (SSSR count). The van der Waals surface area contributed by atoms with Crippen molar-refractivity contribution < 1.29 is 0 Å². The summed E-state index contributed by atoms with van der Waals surface area (Å²) in [6, 6.07) is 7.35. The second kappa shape index (κ2) is 5.67. The van der Waals surface area contributed by atoms with Crippen molar-refractivity contribution in [2.24, 2.45) is 0 Å². The number of nitrogens with zero attached hydrogens (tertiary/aromatic N) is 4. The molecule has 8 heteroatoms.